The Morgan fingerprint density at radius 3 is 2.36 bits per heavy atom. The van der Waals surface area contributed by atoms with Crippen LogP contribution in [0, 0.1) is 11.8 Å². The van der Waals surface area contributed by atoms with Gasteiger partial charge in [0.15, 0.2) is 0 Å². The summed E-state index contributed by atoms with van der Waals surface area (Å²) in [7, 11) is 0. The van der Waals surface area contributed by atoms with Crippen LogP contribution in [0.3, 0.4) is 0 Å². The van der Waals surface area contributed by atoms with Gasteiger partial charge in [-0.3, -0.25) is 4.79 Å². The van der Waals surface area contributed by atoms with Crippen LogP contribution in [-0.4, -0.2) is 17.8 Å². The molecule has 0 aromatic carbocycles. The van der Waals surface area contributed by atoms with Gasteiger partial charge in [-0.15, -0.1) is 11.6 Å². The SMILES string of the molecule is CC(C)C1CCC(NC(=O)CCl)CC1. The van der Waals surface area contributed by atoms with Crippen LogP contribution in [0.2, 0.25) is 0 Å². The highest BCUT2D eigenvalue weighted by molar-refractivity contribution is 6.27. The molecule has 0 aromatic heterocycles. The van der Waals surface area contributed by atoms with Crippen LogP contribution in [0.5, 0.6) is 0 Å². The van der Waals surface area contributed by atoms with Crippen molar-refractivity contribution in [2.75, 3.05) is 5.88 Å². The van der Waals surface area contributed by atoms with E-state index in [9.17, 15) is 4.79 Å². The molecule has 0 aromatic rings. The van der Waals surface area contributed by atoms with Gasteiger partial charge in [-0.1, -0.05) is 13.8 Å². The first kappa shape index (κ1) is 11.8. The third-order valence-corrected chi connectivity index (χ3v) is 3.44. The molecule has 0 heterocycles. The minimum Gasteiger partial charge on any atom is -0.352 e. The van der Waals surface area contributed by atoms with Gasteiger partial charge < -0.3 is 5.32 Å². The highest BCUT2D eigenvalue weighted by Crippen LogP contribution is 2.29. The highest BCUT2D eigenvalue weighted by Gasteiger charge is 2.23. The molecule has 0 atom stereocenters. The van der Waals surface area contributed by atoms with Crippen molar-refractivity contribution in [3.8, 4) is 0 Å². The summed E-state index contributed by atoms with van der Waals surface area (Å²) in [5, 5.41) is 2.96. The van der Waals surface area contributed by atoms with Crippen LogP contribution in [-0.2, 0) is 4.79 Å². The summed E-state index contributed by atoms with van der Waals surface area (Å²) in [6, 6.07) is 0.372. The maximum Gasteiger partial charge on any atom is 0.235 e. The first-order valence-electron chi connectivity index (χ1n) is 5.48. The lowest BCUT2D eigenvalue weighted by molar-refractivity contribution is -0.119. The number of halogens is 1. The zero-order valence-electron chi connectivity index (χ0n) is 9.05. The lowest BCUT2D eigenvalue weighted by Crippen LogP contribution is -2.38. The molecule has 1 aliphatic rings. The number of hydrogen-bond donors (Lipinski definition) is 1. The van der Waals surface area contributed by atoms with Crippen LogP contribution in [0.4, 0.5) is 0 Å². The first-order valence-corrected chi connectivity index (χ1v) is 6.02. The van der Waals surface area contributed by atoms with Gasteiger partial charge in [0.2, 0.25) is 5.91 Å². The van der Waals surface area contributed by atoms with Gasteiger partial charge in [0.25, 0.3) is 0 Å². The topological polar surface area (TPSA) is 29.1 Å². The Balaban J connectivity index is 2.25. The molecule has 2 nitrogen and oxygen atoms in total. The van der Waals surface area contributed by atoms with Gasteiger partial charge in [-0.2, -0.15) is 0 Å². The molecular weight excluding hydrogens is 198 g/mol. The zero-order chi connectivity index (χ0) is 10.6. The van der Waals surface area contributed by atoms with E-state index in [1.165, 1.54) is 12.8 Å². The van der Waals surface area contributed by atoms with E-state index >= 15 is 0 Å². The molecule has 1 amide bonds. The van der Waals surface area contributed by atoms with E-state index in [2.05, 4.69) is 19.2 Å². The van der Waals surface area contributed by atoms with E-state index in [0.717, 1.165) is 24.7 Å². The van der Waals surface area contributed by atoms with Gasteiger partial charge in [0, 0.05) is 6.04 Å². The second-order valence-corrected chi connectivity index (χ2v) is 4.82. The molecule has 0 aliphatic heterocycles. The van der Waals surface area contributed by atoms with Gasteiger partial charge >= 0.3 is 0 Å². The number of hydrogen-bond acceptors (Lipinski definition) is 1. The lowest BCUT2D eigenvalue weighted by Gasteiger charge is -2.31. The Kier molecular flexibility index (Phi) is 4.73. The van der Waals surface area contributed by atoms with Crippen LogP contribution < -0.4 is 5.32 Å². The molecule has 3 heteroatoms. The van der Waals surface area contributed by atoms with E-state index in [1.807, 2.05) is 0 Å². The fourth-order valence-electron chi connectivity index (χ4n) is 2.20. The van der Waals surface area contributed by atoms with Crippen molar-refractivity contribution in [1.29, 1.82) is 0 Å². The molecule has 0 bridgehead atoms. The summed E-state index contributed by atoms with van der Waals surface area (Å²) < 4.78 is 0. The predicted octanol–water partition coefficient (Wildman–Crippen LogP) is 2.56. The van der Waals surface area contributed by atoms with Gasteiger partial charge in [-0.25, -0.2) is 0 Å². The maximum atomic E-state index is 11.1. The Hall–Kier alpha value is -0.240. The second kappa shape index (κ2) is 5.59. The first-order chi connectivity index (χ1) is 6.63. The third-order valence-electron chi connectivity index (χ3n) is 3.20. The van der Waals surface area contributed by atoms with Gasteiger partial charge in [-0.05, 0) is 37.5 Å². The molecular formula is C11H20ClNO. The molecule has 14 heavy (non-hydrogen) atoms. The number of alkyl halides is 1. The predicted molar refractivity (Wildman–Crippen MR) is 59.4 cm³/mol. The molecule has 0 saturated heterocycles. The number of carbonyl (C=O) groups excluding carboxylic acids is 1. The van der Waals surface area contributed by atoms with Crippen molar-refractivity contribution in [2.45, 2.75) is 45.6 Å². The zero-order valence-corrected chi connectivity index (χ0v) is 9.81. The third kappa shape index (κ3) is 3.49. The van der Waals surface area contributed by atoms with Crippen LogP contribution in [0.1, 0.15) is 39.5 Å². The summed E-state index contributed by atoms with van der Waals surface area (Å²) in [5.74, 6) is 1.68. The van der Waals surface area contributed by atoms with E-state index in [1.54, 1.807) is 0 Å². The summed E-state index contributed by atoms with van der Waals surface area (Å²) in [6.45, 7) is 4.56. The highest BCUT2D eigenvalue weighted by atomic mass is 35.5. The van der Waals surface area contributed by atoms with Crippen molar-refractivity contribution in [3.63, 3.8) is 0 Å². The summed E-state index contributed by atoms with van der Waals surface area (Å²) >= 11 is 5.44. The fraction of sp³-hybridized carbons (Fsp3) is 0.909. The standard InChI is InChI=1S/C11H20ClNO/c1-8(2)9-3-5-10(6-4-9)13-11(14)7-12/h8-10H,3-7H2,1-2H3,(H,13,14). The monoisotopic (exact) mass is 217 g/mol. The Morgan fingerprint density at radius 1 is 1.36 bits per heavy atom. The van der Waals surface area contributed by atoms with Crippen molar-refractivity contribution >= 4 is 17.5 Å². The van der Waals surface area contributed by atoms with Crippen molar-refractivity contribution in [3.05, 3.63) is 0 Å². The van der Waals surface area contributed by atoms with Gasteiger partial charge in [0.1, 0.15) is 5.88 Å². The van der Waals surface area contributed by atoms with E-state index in [4.69, 9.17) is 11.6 Å². The summed E-state index contributed by atoms with van der Waals surface area (Å²) in [6.07, 6.45) is 4.72. The normalized spacial score (nSPS) is 27.7. The Morgan fingerprint density at radius 2 is 1.93 bits per heavy atom. The Bertz CT molecular complexity index is 186. The minimum atomic E-state index is -0.0281. The molecule has 1 N–H and O–H groups in total. The molecule has 1 saturated carbocycles. The number of nitrogens with one attached hydrogen (secondary N) is 1. The lowest BCUT2D eigenvalue weighted by atomic mass is 9.80. The summed E-state index contributed by atoms with van der Waals surface area (Å²) in [4.78, 5) is 11.1. The van der Waals surface area contributed by atoms with Crippen molar-refractivity contribution in [2.24, 2.45) is 11.8 Å². The molecule has 82 valence electrons. The van der Waals surface area contributed by atoms with Crippen molar-refractivity contribution in [1.82, 2.24) is 5.32 Å². The molecule has 0 spiro atoms. The number of rotatable bonds is 3. The van der Waals surface area contributed by atoms with E-state index in [-0.39, 0.29) is 11.8 Å². The van der Waals surface area contributed by atoms with E-state index < -0.39 is 0 Å². The molecule has 1 aliphatic carbocycles. The molecule has 0 radical (unpaired) electrons. The number of amides is 1. The maximum absolute atomic E-state index is 11.1. The van der Waals surface area contributed by atoms with E-state index in [0.29, 0.717) is 6.04 Å². The molecule has 1 rings (SSSR count). The largest absolute Gasteiger partial charge is 0.352 e. The van der Waals surface area contributed by atoms with Crippen LogP contribution in [0.15, 0.2) is 0 Å². The smallest absolute Gasteiger partial charge is 0.235 e. The summed E-state index contributed by atoms with van der Waals surface area (Å²) in [5.41, 5.74) is 0. The minimum absolute atomic E-state index is 0.0281. The fourth-order valence-corrected chi connectivity index (χ4v) is 2.27. The average Bonchev–Trinajstić information content (AvgIpc) is 2.18. The Labute approximate surface area is 91.4 Å². The van der Waals surface area contributed by atoms with Crippen LogP contribution >= 0.6 is 11.6 Å². The average molecular weight is 218 g/mol. The molecule has 1 fully saturated rings. The van der Waals surface area contributed by atoms with Crippen molar-refractivity contribution < 1.29 is 4.79 Å². The second-order valence-electron chi connectivity index (χ2n) is 4.56. The molecule has 0 unspecified atom stereocenters. The number of carbonyl (C=O) groups is 1. The van der Waals surface area contributed by atoms with Gasteiger partial charge in [0.05, 0.1) is 0 Å². The van der Waals surface area contributed by atoms with Crippen LogP contribution in [0.25, 0.3) is 0 Å². The quantitative estimate of drug-likeness (QED) is 0.724.